The van der Waals surface area contributed by atoms with Crippen molar-refractivity contribution in [2.75, 3.05) is 56.2 Å². The molecule has 3 amide bonds. The van der Waals surface area contributed by atoms with Crippen molar-refractivity contribution in [1.29, 1.82) is 0 Å². The smallest absolute Gasteiger partial charge is 0.329 e. The Kier molecular flexibility index (Phi) is 11.5. The summed E-state index contributed by atoms with van der Waals surface area (Å²) in [6.07, 6.45) is 5.48. The molecule has 10 rings (SSSR count). The molecule has 0 bridgehead atoms. The van der Waals surface area contributed by atoms with Crippen LogP contribution in [0, 0.1) is 5.92 Å². The quantitative estimate of drug-likeness (QED) is 0.176. The van der Waals surface area contributed by atoms with Gasteiger partial charge in [0.05, 0.1) is 54.4 Å². The number of imidazole rings is 1. The van der Waals surface area contributed by atoms with Crippen LogP contribution >= 0.6 is 0 Å². The number of aryl methyl sites for hydroxylation is 1. The lowest BCUT2D eigenvalue weighted by molar-refractivity contribution is -0.135. The fourth-order valence-electron chi connectivity index (χ4n) is 10.5. The monoisotopic (exact) mass is 887 g/mol. The molecule has 17 nitrogen and oxygen atoms in total. The van der Waals surface area contributed by atoms with Gasteiger partial charge in [-0.25, -0.2) is 27.5 Å². The number of carbonyl (C=O) groups excluding carboxylic acids is 3. The maximum Gasteiger partial charge on any atom is 0.329 e. The number of benzene rings is 1. The first kappa shape index (κ1) is 42.4. The first-order valence-electron chi connectivity index (χ1n) is 22.4. The number of hydrogen-bond acceptors (Lipinski definition) is 11. The number of amides is 3. The van der Waals surface area contributed by atoms with Crippen molar-refractivity contribution < 1.29 is 37.0 Å². The number of alkyl halides is 3. The molecule has 4 aromatic heterocycles. The lowest BCUT2D eigenvalue weighted by Gasteiger charge is -2.42. The zero-order valence-corrected chi connectivity index (χ0v) is 35.6. The number of nitrogens with zero attached hydrogens (tertiary/aromatic N) is 9. The summed E-state index contributed by atoms with van der Waals surface area (Å²) in [5.41, 5.74) is 2.05. The molecule has 2 N–H and O–H groups in total. The zero-order chi connectivity index (χ0) is 44.2. The Bertz CT molecular complexity index is 2620. The topological polar surface area (TPSA) is 175 Å². The van der Waals surface area contributed by atoms with Gasteiger partial charge in [0.15, 0.2) is 11.3 Å². The number of likely N-dealkylation sites (tertiary alicyclic amines) is 1. The lowest BCUT2D eigenvalue weighted by Crippen LogP contribution is -2.49. The highest BCUT2D eigenvalue weighted by molar-refractivity contribution is 6.08. The van der Waals surface area contributed by atoms with Gasteiger partial charge in [0.1, 0.15) is 23.6 Å². The second-order valence-corrected chi connectivity index (χ2v) is 18.0. The summed E-state index contributed by atoms with van der Waals surface area (Å²) in [7, 11) is 1.70. The Hall–Kier alpha value is -5.60. The first-order chi connectivity index (χ1) is 31.0. The molecule has 1 aromatic carbocycles. The van der Waals surface area contributed by atoms with Crippen LogP contribution in [0.3, 0.4) is 0 Å². The van der Waals surface area contributed by atoms with E-state index in [0.29, 0.717) is 75.0 Å². The zero-order valence-electron chi connectivity index (χ0n) is 35.6. The van der Waals surface area contributed by atoms with E-state index in [1.807, 2.05) is 24.3 Å². The van der Waals surface area contributed by atoms with Crippen molar-refractivity contribution >= 4 is 45.9 Å². The Morgan fingerprint density at radius 2 is 1.83 bits per heavy atom. The van der Waals surface area contributed by atoms with Gasteiger partial charge in [0.25, 0.3) is 12.3 Å². The molecule has 2 saturated carbocycles. The Morgan fingerprint density at radius 3 is 2.58 bits per heavy atom. The number of fused-ring (bicyclic) bond motifs is 2. The molecule has 3 aliphatic heterocycles. The molecule has 5 fully saturated rings. The van der Waals surface area contributed by atoms with Gasteiger partial charge >= 0.3 is 5.69 Å². The largest absolute Gasteiger partial charge is 0.378 e. The number of para-hydroxylation sites is 1. The van der Waals surface area contributed by atoms with Crippen LogP contribution in [0.1, 0.15) is 104 Å². The highest BCUT2D eigenvalue weighted by Gasteiger charge is 2.40. The number of halogens is 3. The third-order valence-corrected chi connectivity index (χ3v) is 14.0. The van der Waals surface area contributed by atoms with Crippen molar-refractivity contribution in [3.05, 3.63) is 70.2 Å². The van der Waals surface area contributed by atoms with E-state index in [9.17, 15) is 28.0 Å². The minimum Gasteiger partial charge on any atom is -0.378 e. The molecule has 2 aliphatic carbocycles. The molecule has 5 aromatic rings. The third-order valence-electron chi connectivity index (χ3n) is 14.0. The SMILES string of the molecule is Cn1c(=O)n(C2CCC(=O)NC2=O)c2cccc([C@H]3C[C@H](O[C@H]4CCN(CC5CCC(n6cc(NC(=O)c7cnn8ccc(N9CCOCC9)nc78)c(C(F)F)n6)CC5)C[C@H]4F)C3)c21. The van der Waals surface area contributed by atoms with Gasteiger partial charge < -0.3 is 19.7 Å². The van der Waals surface area contributed by atoms with E-state index in [4.69, 9.17) is 9.47 Å². The number of morpholine rings is 1. The predicted octanol–water partition coefficient (Wildman–Crippen LogP) is 4.69. The molecule has 1 unspecified atom stereocenters. The Labute approximate surface area is 365 Å². The van der Waals surface area contributed by atoms with Gasteiger partial charge in [0.2, 0.25) is 11.8 Å². The number of rotatable bonds is 11. The van der Waals surface area contributed by atoms with E-state index in [1.54, 1.807) is 22.5 Å². The van der Waals surface area contributed by atoms with Crippen LogP contribution in [0.4, 0.5) is 24.7 Å². The average molecular weight is 888 g/mol. The second kappa shape index (κ2) is 17.4. The maximum absolute atomic E-state index is 15.7. The molecule has 0 spiro atoms. The lowest BCUT2D eigenvalue weighted by atomic mass is 9.76. The van der Waals surface area contributed by atoms with Crippen LogP contribution < -0.4 is 21.2 Å². The van der Waals surface area contributed by atoms with Gasteiger partial charge in [-0.2, -0.15) is 10.2 Å². The third kappa shape index (κ3) is 8.08. The van der Waals surface area contributed by atoms with E-state index in [1.165, 1.54) is 21.5 Å². The highest BCUT2D eigenvalue weighted by Crippen LogP contribution is 2.43. The van der Waals surface area contributed by atoms with E-state index < -0.39 is 42.3 Å². The van der Waals surface area contributed by atoms with Crippen LogP contribution in [0.2, 0.25) is 0 Å². The average Bonchev–Trinajstić information content (AvgIpc) is 3.97. The number of aromatic nitrogens is 7. The van der Waals surface area contributed by atoms with Gasteiger partial charge in [-0.15, -0.1) is 0 Å². The summed E-state index contributed by atoms with van der Waals surface area (Å²) in [5.74, 6) is -0.288. The molecule has 3 atom stereocenters. The molecule has 64 heavy (non-hydrogen) atoms. The van der Waals surface area contributed by atoms with Crippen molar-refractivity contribution in [2.45, 2.75) is 101 Å². The number of ether oxygens (including phenoxy) is 2. The molecule has 7 heterocycles. The number of carbonyl (C=O) groups is 3. The standard InChI is InChI=1S/C44H52F3N11O6/c1-53-39-29(3-2-4-33(39)58(44(53)62)34-9-10-37(59)51-43(34)61)26-19-28(20-26)64-35-11-13-54(23-31(35)45)22-25-5-7-27(8-6-25)57-24-32(38(52-57)40(46)47)49-42(60)30-21-48-56-14-12-36(50-41(30)56)55-15-17-63-18-16-55/h2-4,12,14,21,24-28,31,34-35,40H,5-11,13,15-20,22-23H2,1H3,(H,49,60)(H,51,59,61)/t25?,26-,27?,28-,31-,34?,35+/m1/s1. The molecule has 340 valence electrons. The first-order valence-corrected chi connectivity index (χ1v) is 22.4. The summed E-state index contributed by atoms with van der Waals surface area (Å²) >= 11 is 0. The van der Waals surface area contributed by atoms with E-state index in [2.05, 4.69) is 35.6 Å². The summed E-state index contributed by atoms with van der Waals surface area (Å²) < 4.78 is 62.1. The van der Waals surface area contributed by atoms with Crippen LogP contribution in [-0.2, 0) is 26.1 Å². The van der Waals surface area contributed by atoms with Gasteiger partial charge in [-0.05, 0) is 80.9 Å². The summed E-state index contributed by atoms with van der Waals surface area (Å²) in [5, 5.41) is 13.5. The molecular formula is C44H52F3N11O6. The molecule has 0 radical (unpaired) electrons. The van der Waals surface area contributed by atoms with Gasteiger partial charge in [-0.1, -0.05) is 12.1 Å². The van der Waals surface area contributed by atoms with Crippen LogP contribution in [0.15, 0.2) is 47.7 Å². The molecule has 3 saturated heterocycles. The number of piperidine rings is 2. The van der Waals surface area contributed by atoms with E-state index in [-0.39, 0.29) is 60.3 Å². The number of imide groups is 1. The van der Waals surface area contributed by atoms with Crippen LogP contribution in [-0.4, -0.2) is 120 Å². The Morgan fingerprint density at radius 1 is 1.03 bits per heavy atom. The Balaban J connectivity index is 0.704. The van der Waals surface area contributed by atoms with Crippen molar-refractivity contribution in [1.82, 2.24) is 43.7 Å². The maximum atomic E-state index is 15.7. The van der Waals surface area contributed by atoms with Gasteiger partial charge in [-0.3, -0.25) is 38.4 Å². The summed E-state index contributed by atoms with van der Waals surface area (Å²) in [6, 6.07) is 6.66. The second-order valence-electron chi connectivity index (χ2n) is 18.0. The van der Waals surface area contributed by atoms with Crippen molar-refractivity contribution in [3.63, 3.8) is 0 Å². The molecular weight excluding hydrogens is 836 g/mol. The number of nitrogens with one attached hydrogen (secondary N) is 2. The molecule has 5 aliphatic rings. The fraction of sp³-hybridized carbons (Fsp3) is 0.568. The minimum absolute atomic E-state index is 0.0478. The summed E-state index contributed by atoms with van der Waals surface area (Å²) in [4.78, 5) is 60.2. The van der Waals surface area contributed by atoms with E-state index >= 15 is 4.39 Å². The van der Waals surface area contributed by atoms with Crippen LogP contribution in [0.25, 0.3) is 16.7 Å². The van der Waals surface area contributed by atoms with E-state index in [0.717, 1.165) is 43.3 Å². The number of hydrogen-bond donors (Lipinski definition) is 2. The molecule has 20 heteroatoms. The highest BCUT2D eigenvalue weighted by atomic mass is 19.3. The normalized spacial score (nSPS) is 27.0. The predicted molar refractivity (Wildman–Crippen MR) is 227 cm³/mol. The van der Waals surface area contributed by atoms with Crippen LogP contribution in [0.5, 0.6) is 0 Å². The minimum atomic E-state index is -2.90. The summed E-state index contributed by atoms with van der Waals surface area (Å²) in [6.45, 7) is 4.21. The fourth-order valence-corrected chi connectivity index (χ4v) is 10.5. The van der Waals surface area contributed by atoms with Crippen molar-refractivity contribution in [3.8, 4) is 0 Å². The van der Waals surface area contributed by atoms with Gasteiger partial charge in [0, 0.05) is 58.6 Å². The number of anilines is 2. The van der Waals surface area contributed by atoms with Crippen molar-refractivity contribution in [2.24, 2.45) is 13.0 Å².